The van der Waals surface area contributed by atoms with Crippen LogP contribution in [0.1, 0.15) is 5.56 Å². The summed E-state index contributed by atoms with van der Waals surface area (Å²) in [6.45, 7) is 0.897. The highest BCUT2D eigenvalue weighted by Gasteiger charge is 1.94. The van der Waals surface area contributed by atoms with E-state index < -0.39 is 0 Å². The molecule has 0 saturated carbocycles. The van der Waals surface area contributed by atoms with Crippen molar-refractivity contribution < 1.29 is 0 Å². The summed E-state index contributed by atoms with van der Waals surface area (Å²) in [5.74, 6) is 0. The highest BCUT2D eigenvalue weighted by atomic mass is 32.2. The third kappa shape index (κ3) is 2.17. The lowest BCUT2D eigenvalue weighted by Gasteiger charge is -2.03. The van der Waals surface area contributed by atoms with Gasteiger partial charge in [-0.2, -0.15) is 0 Å². The summed E-state index contributed by atoms with van der Waals surface area (Å²) < 4.78 is 2.06. The van der Waals surface area contributed by atoms with Gasteiger partial charge in [0.1, 0.15) is 0 Å². The van der Waals surface area contributed by atoms with E-state index in [1.807, 2.05) is 12.5 Å². The van der Waals surface area contributed by atoms with E-state index in [1.54, 1.807) is 18.0 Å². The molecule has 0 unspecified atom stereocenters. The topological polar surface area (TPSA) is 17.8 Å². The van der Waals surface area contributed by atoms with Crippen molar-refractivity contribution in [1.29, 1.82) is 0 Å². The summed E-state index contributed by atoms with van der Waals surface area (Å²) in [5.41, 5.74) is 1.31. The fourth-order valence-corrected chi connectivity index (χ4v) is 1.73. The smallest absolute Gasteiger partial charge is 0.0949 e. The van der Waals surface area contributed by atoms with Crippen molar-refractivity contribution in [2.24, 2.45) is 0 Å². The van der Waals surface area contributed by atoms with Gasteiger partial charge in [0.2, 0.25) is 0 Å². The summed E-state index contributed by atoms with van der Waals surface area (Å²) >= 11 is 1.77. The molecule has 0 fully saturated rings. The predicted octanol–water partition coefficient (Wildman–Crippen LogP) is 2.65. The highest BCUT2D eigenvalue weighted by Crippen LogP contribution is 2.15. The van der Waals surface area contributed by atoms with Crippen LogP contribution in [0, 0.1) is 0 Å². The minimum atomic E-state index is 0.897. The van der Waals surface area contributed by atoms with E-state index in [0.717, 1.165) is 6.54 Å². The maximum atomic E-state index is 4.01. The molecule has 0 aliphatic rings. The van der Waals surface area contributed by atoms with Gasteiger partial charge in [-0.3, -0.25) is 0 Å². The van der Waals surface area contributed by atoms with Crippen molar-refractivity contribution in [3.05, 3.63) is 48.5 Å². The van der Waals surface area contributed by atoms with Gasteiger partial charge in [0.05, 0.1) is 6.33 Å². The van der Waals surface area contributed by atoms with Gasteiger partial charge in [-0.05, 0) is 24.0 Å². The quantitative estimate of drug-likeness (QED) is 0.715. The molecule has 1 aromatic carbocycles. The van der Waals surface area contributed by atoms with E-state index >= 15 is 0 Å². The largest absolute Gasteiger partial charge is 0.333 e. The van der Waals surface area contributed by atoms with Gasteiger partial charge >= 0.3 is 0 Å². The van der Waals surface area contributed by atoms with Crippen molar-refractivity contribution in [1.82, 2.24) is 9.55 Å². The Morgan fingerprint density at radius 1 is 1.29 bits per heavy atom. The zero-order chi connectivity index (χ0) is 9.80. The number of hydrogen-bond acceptors (Lipinski definition) is 2. The fraction of sp³-hybridized carbons (Fsp3) is 0.182. The maximum absolute atomic E-state index is 4.01. The Labute approximate surface area is 88.0 Å². The highest BCUT2D eigenvalue weighted by molar-refractivity contribution is 7.98. The van der Waals surface area contributed by atoms with Crippen LogP contribution in [-0.4, -0.2) is 15.8 Å². The molecule has 1 heterocycles. The number of benzene rings is 1. The van der Waals surface area contributed by atoms with Gasteiger partial charge in [-0.25, -0.2) is 4.98 Å². The number of hydrogen-bond donors (Lipinski definition) is 0. The second-order valence-electron chi connectivity index (χ2n) is 3.08. The fourth-order valence-electron chi connectivity index (χ4n) is 1.32. The van der Waals surface area contributed by atoms with Crippen LogP contribution < -0.4 is 0 Å². The molecule has 0 bridgehead atoms. The van der Waals surface area contributed by atoms with Crippen LogP contribution in [0.3, 0.4) is 0 Å². The van der Waals surface area contributed by atoms with Crippen molar-refractivity contribution in [3.63, 3.8) is 0 Å². The molecule has 72 valence electrons. The molecule has 1 aromatic heterocycles. The van der Waals surface area contributed by atoms with Crippen molar-refractivity contribution in [3.8, 4) is 0 Å². The first-order valence-corrected chi connectivity index (χ1v) is 5.69. The second kappa shape index (κ2) is 4.33. The Kier molecular flexibility index (Phi) is 2.89. The van der Waals surface area contributed by atoms with E-state index in [0.29, 0.717) is 0 Å². The Morgan fingerprint density at radius 2 is 2.07 bits per heavy atom. The van der Waals surface area contributed by atoms with Crippen LogP contribution in [0.4, 0.5) is 0 Å². The number of thioether (sulfide) groups is 1. The van der Waals surface area contributed by atoms with Crippen LogP contribution in [0.25, 0.3) is 0 Å². The first-order valence-electron chi connectivity index (χ1n) is 4.47. The van der Waals surface area contributed by atoms with Crippen LogP contribution in [0.2, 0.25) is 0 Å². The van der Waals surface area contributed by atoms with Crippen molar-refractivity contribution in [2.75, 3.05) is 6.26 Å². The summed E-state index contributed by atoms with van der Waals surface area (Å²) in [7, 11) is 0. The molecule has 0 N–H and O–H groups in total. The third-order valence-electron chi connectivity index (χ3n) is 2.08. The number of rotatable bonds is 3. The van der Waals surface area contributed by atoms with Gasteiger partial charge in [0.15, 0.2) is 0 Å². The average Bonchev–Trinajstić information content (AvgIpc) is 2.72. The zero-order valence-corrected chi connectivity index (χ0v) is 8.87. The van der Waals surface area contributed by atoms with E-state index in [-0.39, 0.29) is 0 Å². The molecule has 0 atom stereocenters. The van der Waals surface area contributed by atoms with Gasteiger partial charge in [0, 0.05) is 23.8 Å². The van der Waals surface area contributed by atoms with Crippen LogP contribution >= 0.6 is 11.8 Å². The summed E-state index contributed by atoms with van der Waals surface area (Å²) in [6.07, 6.45) is 7.70. The van der Waals surface area contributed by atoms with E-state index in [2.05, 4.69) is 40.1 Å². The Balaban J connectivity index is 2.10. The molecule has 0 spiro atoms. The molecule has 2 aromatic rings. The van der Waals surface area contributed by atoms with Gasteiger partial charge in [-0.15, -0.1) is 11.8 Å². The van der Waals surface area contributed by atoms with Gasteiger partial charge < -0.3 is 4.57 Å². The maximum Gasteiger partial charge on any atom is 0.0949 e. The third-order valence-corrected chi connectivity index (χ3v) is 2.83. The first kappa shape index (κ1) is 9.34. The lowest BCUT2D eigenvalue weighted by atomic mass is 10.2. The van der Waals surface area contributed by atoms with Crippen LogP contribution in [0.5, 0.6) is 0 Å². The standard InChI is InChI=1S/C11H12N2S/c1-14-11-4-2-10(3-5-11)8-13-7-6-12-9-13/h2-7,9H,8H2,1H3. The summed E-state index contributed by atoms with van der Waals surface area (Å²) in [5, 5.41) is 0. The molecule has 0 aliphatic heterocycles. The van der Waals surface area contributed by atoms with Gasteiger partial charge in [-0.1, -0.05) is 12.1 Å². The molecule has 0 aliphatic carbocycles. The van der Waals surface area contributed by atoms with Crippen LogP contribution in [-0.2, 0) is 6.54 Å². The molecule has 0 radical (unpaired) electrons. The minimum absolute atomic E-state index is 0.897. The second-order valence-corrected chi connectivity index (χ2v) is 3.96. The molecule has 0 saturated heterocycles. The Hall–Kier alpha value is -1.22. The van der Waals surface area contributed by atoms with E-state index in [4.69, 9.17) is 0 Å². The van der Waals surface area contributed by atoms with E-state index in [1.165, 1.54) is 10.5 Å². The number of nitrogens with zero attached hydrogens (tertiary/aromatic N) is 2. The molecule has 0 amide bonds. The molecule has 14 heavy (non-hydrogen) atoms. The van der Waals surface area contributed by atoms with Crippen molar-refractivity contribution >= 4 is 11.8 Å². The van der Waals surface area contributed by atoms with E-state index in [9.17, 15) is 0 Å². The Morgan fingerprint density at radius 3 is 2.64 bits per heavy atom. The predicted molar refractivity (Wildman–Crippen MR) is 59.6 cm³/mol. The average molecular weight is 204 g/mol. The normalized spacial score (nSPS) is 10.4. The molecule has 2 rings (SSSR count). The minimum Gasteiger partial charge on any atom is -0.333 e. The van der Waals surface area contributed by atoms with Crippen LogP contribution in [0.15, 0.2) is 47.9 Å². The van der Waals surface area contributed by atoms with Gasteiger partial charge in [0.25, 0.3) is 0 Å². The summed E-state index contributed by atoms with van der Waals surface area (Å²) in [4.78, 5) is 5.32. The number of imidazole rings is 1. The monoisotopic (exact) mass is 204 g/mol. The SMILES string of the molecule is CSc1ccc(Cn2ccnc2)cc1. The molecular weight excluding hydrogens is 192 g/mol. The number of aromatic nitrogens is 2. The van der Waals surface area contributed by atoms with Crippen molar-refractivity contribution in [2.45, 2.75) is 11.4 Å². The lowest BCUT2D eigenvalue weighted by Crippen LogP contribution is -1.95. The summed E-state index contributed by atoms with van der Waals surface area (Å²) in [6, 6.07) is 8.62. The Bertz CT molecular complexity index is 378. The first-order chi connectivity index (χ1) is 6.88. The molecular formula is C11H12N2S. The zero-order valence-electron chi connectivity index (χ0n) is 8.05. The molecule has 2 nitrogen and oxygen atoms in total. The lowest BCUT2D eigenvalue weighted by molar-refractivity contribution is 0.796. The molecule has 3 heteroatoms.